The van der Waals surface area contributed by atoms with Gasteiger partial charge in [-0.15, -0.1) is 11.8 Å². The molecule has 7 nitrogen and oxygen atoms in total. The number of hydrogen-bond acceptors (Lipinski definition) is 8. The van der Waals surface area contributed by atoms with Crippen LogP contribution in [-0.2, 0) is 0 Å². The molecule has 0 saturated carbocycles. The first-order chi connectivity index (χ1) is 34.0. The topological polar surface area (TPSA) is 93.2 Å². The van der Waals surface area contributed by atoms with Gasteiger partial charge in [0.25, 0.3) is 0 Å². The van der Waals surface area contributed by atoms with Gasteiger partial charge in [0, 0.05) is 50.1 Å². The zero-order chi connectivity index (χ0) is 46.3. The molecule has 0 bridgehead atoms. The van der Waals surface area contributed by atoms with Crippen molar-refractivity contribution >= 4 is 40.5 Å². The first kappa shape index (κ1) is 41.9. The Morgan fingerprint density at radius 2 is 1.14 bits per heavy atom. The zero-order valence-electron chi connectivity index (χ0n) is 37.5. The fourth-order valence-corrected chi connectivity index (χ4v) is 11.0. The molecule has 0 spiro atoms. The third-order valence-corrected chi connectivity index (χ3v) is 14.5. The quantitative estimate of drug-likeness (QED) is 0.137. The van der Waals surface area contributed by atoms with Crippen LogP contribution in [0.2, 0.25) is 0 Å². The summed E-state index contributed by atoms with van der Waals surface area (Å²) in [4.78, 5) is 30.0. The Morgan fingerprint density at radius 3 is 1.84 bits per heavy atom. The molecular formula is C61H45N7S. The van der Waals surface area contributed by atoms with Gasteiger partial charge in [-0.05, 0) is 70.3 Å². The fourth-order valence-electron chi connectivity index (χ4n) is 9.71. The molecule has 8 heteroatoms. The Labute approximate surface area is 406 Å². The van der Waals surface area contributed by atoms with Gasteiger partial charge < -0.3 is 10.6 Å². The molecule has 2 aliphatic heterocycles. The molecule has 2 aliphatic carbocycles. The second kappa shape index (κ2) is 18.0. The van der Waals surface area contributed by atoms with Gasteiger partial charge in [-0.25, -0.2) is 24.9 Å². The van der Waals surface area contributed by atoms with Crippen LogP contribution in [0.3, 0.4) is 0 Å². The number of benzene rings is 6. The van der Waals surface area contributed by atoms with Gasteiger partial charge in [-0.2, -0.15) is 0 Å². The van der Waals surface area contributed by atoms with Crippen molar-refractivity contribution in [3.05, 3.63) is 259 Å². The average Bonchev–Trinajstić information content (AvgIpc) is 3.96. The van der Waals surface area contributed by atoms with Crippen molar-refractivity contribution in [3.63, 3.8) is 0 Å². The number of nitrogens with zero attached hydrogens (tertiary/aromatic N) is 6. The van der Waals surface area contributed by atoms with Gasteiger partial charge in [0.1, 0.15) is 5.69 Å². The highest BCUT2D eigenvalue weighted by Crippen LogP contribution is 2.51. The summed E-state index contributed by atoms with van der Waals surface area (Å²) in [6.45, 7) is 4.58. The lowest BCUT2D eigenvalue weighted by atomic mass is 9.88. The molecule has 4 unspecified atom stereocenters. The molecule has 12 rings (SSSR count). The highest BCUT2D eigenvalue weighted by Gasteiger charge is 2.40. The van der Waals surface area contributed by atoms with Crippen molar-refractivity contribution in [2.24, 2.45) is 10.7 Å². The fraction of sp³-hybridized carbons (Fsp3) is 0.0656. The van der Waals surface area contributed by atoms with Gasteiger partial charge in [0.2, 0.25) is 5.95 Å². The molecule has 0 radical (unpaired) electrons. The highest BCUT2D eigenvalue weighted by molar-refractivity contribution is 8.00. The van der Waals surface area contributed by atoms with Crippen LogP contribution >= 0.6 is 11.8 Å². The lowest BCUT2D eigenvalue weighted by molar-refractivity contribution is 0.729. The molecule has 2 N–H and O–H groups in total. The maximum absolute atomic E-state index is 6.77. The molecule has 8 aromatic rings. The van der Waals surface area contributed by atoms with Crippen molar-refractivity contribution in [2.75, 3.05) is 4.90 Å². The molecule has 2 aromatic heterocycles. The molecule has 0 amide bonds. The van der Waals surface area contributed by atoms with Crippen LogP contribution in [0.5, 0.6) is 0 Å². The first-order valence-corrected chi connectivity index (χ1v) is 24.1. The van der Waals surface area contributed by atoms with Crippen LogP contribution in [-0.4, -0.2) is 36.9 Å². The zero-order valence-corrected chi connectivity index (χ0v) is 38.4. The summed E-state index contributed by atoms with van der Waals surface area (Å²) in [6.07, 6.45) is 19.7. The molecular weight excluding hydrogens is 863 g/mol. The average molecular weight is 908 g/mol. The van der Waals surface area contributed by atoms with E-state index < -0.39 is 0 Å². The molecule has 4 heterocycles. The number of nitrogens with two attached hydrogens (primary N) is 1. The smallest absolute Gasteiger partial charge is 0.231 e. The predicted molar refractivity (Wildman–Crippen MR) is 284 cm³/mol. The maximum Gasteiger partial charge on any atom is 0.231 e. The second-order valence-electron chi connectivity index (χ2n) is 17.5. The first-order valence-electron chi connectivity index (χ1n) is 23.2. The van der Waals surface area contributed by atoms with Crippen molar-refractivity contribution in [3.8, 4) is 45.2 Å². The van der Waals surface area contributed by atoms with Crippen LogP contribution in [0, 0.1) is 0 Å². The molecule has 4 aliphatic rings. The molecule has 6 aromatic carbocycles. The second-order valence-corrected chi connectivity index (χ2v) is 18.7. The minimum atomic E-state index is -0.0959. The number of thioether (sulfide) groups is 1. The van der Waals surface area contributed by atoms with Gasteiger partial charge in [-0.1, -0.05) is 189 Å². The van der Waals surface area contributed by atoms with E-state index in [1.807, 2.05) is 127 Å². The number of aromatic nitrogens is 4. The summed E-state index contributed by atoms with van der Waals surface area (Å²) in [5, 5.41) is 0.445. The van der Waals surface area contributed by atoms with Gasteiger partial charge >= 0.3 is 0 Å². The van der Waals surface area contributed by atoms with Gasteiger partial charge in [-0.3, -0.25) is 0 Å². The van der Waals surface area contributed by atoms with E-state index >= 15 is 0 Å². The predicted octanol–water partition coefficient (Wildman–Crippen LogP) is 13.8. The monoisotopic (exact) mass is 907 g/mol. The van der Waals surface area contributed by atoms with Crippen LogP contribution in [0.25, 0.3) is 56.6 Å². The summed E-state index contributed by atoms with van der Waals surface area (Å²) in [5.74, 6) is 1.39. The van der Waals surface area contributed by atoms with Gasteiger partial charge in [0.15, 0.2) is 5.82 Å². The van der Waals surface area contributed by atoms with E-state index in [0.29, 0.717) is 51.4 Å². The summed E-state index contributed by atoms with van der Waals surface area (Å²) in [5.41, 5.74) is 20.8. The van der Waals surface area contributed by atoms with Gasteiger partial charge in [0.05, 0.1) is 34.5 Å². The van der Waals surface area contributed by atoms with E-state index in [-0.39, 0.29) is 12.0 Å². The summed E-state index contributed by atoms with van der Waals surface area (Å²) in [7, 11) is 0. The van der Waals surface area contributed by atoms with E-state index in [0.717, 1.165) is 39.3 Å². The van der Waals surface area contributed by atoms with Crippen LogP contribution < -0.4 is 10.6 Å². The Bertz CT molecular complexity index is 3410. The van der Waals surface area contributed by atoms with Crippen LogP contribution in [0.15, 0.2) is 241 Å². The van der Waals surface area contributed by atoms with E-state index in [2.05, 4.69) is 121 Å². The number of aliphatic imine (C=N–C) groups is 1. The third kappa shape index (κ3) is 8.15. The number of rotatable bonds is 10. The van der Waals surface area contributed by atoms with E-state index in [1.54, 1.807) is 0 Å². The van der Waals surface area contributed by atoms with E-state index in [9.17, 15) is 0 Å². The third-order valence-electron chi connectivity index (χ3n) is 13.1. The van der Waals surface area contributed by atoms with Crippen molar-refractivity contribution in [1.29, 1.82) is 0 Å². The SMILES string of the molecule is C=C(N=C(/C=C(\N)c1ccccc1)c1ccccc1)c1cc(-c2nc(-c3ccccc3)cc(-c3ccccc3)n2)nc(N2c3ccc(-c4ccc5c(c4)C4C=CC=CC4S5)cc3C3C=CC=CC32)n1. The molecule has 330 valence electrons. The molecule has 69 heavy (non-hydrogen) atoms. The summed E-state index contributed by atoms with van der Waals surface area (Å²) < 4.78 is 0. The van der Waals surface area contributed by atoms with Crippen LogP contribution in [0.4, 0.5) is 11.6 Å². The number of fused-ring (bicyclic) bond motifs is 6. The Kier molecular flexibility index (Phi) is 10.9. The van der Waals surface area contributed by atoms with Crippen molar-refractivity contribution < 1.29 is 0 Å². The molecule has 0 saturated heterocycles. The van der Waals surface area contributed by atoms with Crippen molar-refractivity contribution in [2.45, 2.75) is 28.0 Å². The number of hydrogen-bond donors (Lipinski definition) is 1. The molecule has 4 atom stereocenters. The van der Waals surface area contributed by atoms with E-state index in [4.69, 9.17) is 30.7 Å². The minimum Gasteiger partial charge on any atom is -0.398 e. The summed E-state index contributed by atoms with van der Waals surface area (Å²) >= 11 is 1.95. The maximum atomic E-state index is 6.77. The number of anilines is 2. The lowest BCUT2D eigenvalue weighted by Crippen LogP contribution is -2.30. The Morgan fingerprint density at radius 1 is 0.551 bits per heavy atom. The largest absolute Gasteiger partial charge is 0.398 e. The molecule has 0 fully saturated rings. The van der Waals surface area contributed by atoms with Crippen molar-refractivity contribution in [1.82, 2.24) is 19.9 Å². The van der Waals surface area contributed by atoms with Crippen LogP contribution in [0.1, 0.15) is 39.8 Å². The Hall–Kier alpha value is -8.46. The number of allylic oxidation sites excluding steroid dienone is 6. The summed E-state index contributed by atoms with van der Waals surface area (Å²) in [6, 6.07) is 57.9. The Balaban J connectivity index is 1.02. The standard InChI is InChI=1S/C61H45N7S/c1-39(63-52(41-20-8-3-9-21-41)36-50(62)40-18-6-2-7-19-40)51-37-55(60-64-53(42-22-10-4-11-23-42)38-54(65-60)43-24-12-5-13-25-43)67-61(66-51)68-56-28-16-14-26-46(56)48-34-44(30-32-57(48)68)45-31-33-59-49(35-45)47-27-15-17-29-58(47)69-59/h2-38,46-47,56,58H,1,62H2/b50-36-,63-52?. The highest BCUT2D eigenvalue weighted by atomic mass is 32.2. The van der Waals surface area contributed by atoms with E-state index in [1.165, 1.54) is 27.1 Å². The lowest BCUT2D eigenvalue weighted by Gasteiger charge is -2.27. The normalized spacial score (nSPS) is 18.7. The minimum absolute atomic E-state index is 0.0563.